The van der Waals surface area contributed by atoms with E-state index in [0.717, 1.165) is 9.13 Å². The third-order valence-electron chi connectivity index (χ3n) is 13.7. The molecule has 0 atom stereocenters. The number of hydrogen-bond acceptors (Lipinski definition) is 2. The molecule has 0 fully saturated rings. The van der Waals surface area contributed by atoms with Crippen molar-refractivity contribution in [3.8, 4) is 45.7 Å². The lowest BCUT2D eigenvalue weighted by Gasteiger charge is -2.36. The van der Waals surface area contributed by atoms with Crippen LogP contribution in [0.15, 0.2) is 236 Å². The summed E-state index contributed by atoms with van der Waals surface area (Å²) in [5, 5.41) is -2.97. The van der Waals surface area contributed by atoms with Crippen molar-refractivity contribution in [1.29, 1.82) is 0 Å². The van der Waals surface area contributed by atoms with E-state index in [-0.39, 0.29) is 82.9 Å². The molecule has 0 aliphatic carbocycles. The zero-order chi connectivity index (χ0) is 75.3. The minimum Gasteiger partial charge on any atom is -0.456 e. The summed E-state index contributed by atoms with van der Waals surface area (Å²) in [6.07, 6.45) is 0. The number of rotatable bonds is 4. The van der Waals surface area contributed by atoms with E-state index in [9.17, 15) is 21.9 Å². The molecular formula is C66H39BN4O2. The van der Waals surface area contributed by atoms with Crippen LogP contribution in [0.1, 0.15) is 43.9 Å². The van der Waals surface area contributed by atoms with Gasteiger partial charge in [-0.15, -0.1) is 0 Å². The van der Waals surface area contributed by atoms with Crippen molar-refractivity contribution >= 4 is 110 Å². The third kappa shape index (κ3) is 5.22. The molecule has 0 saturated carbocycles. The largest absolute Gasteiger partial charge is 0.456 e. The van der Waals surface area contributed by atoms with Gasteiger partial charge in [0.05, 0.1) is 99.4 Å². The minimum absolute atomic E-state index is 0.0811. The molecule has 7 heteroatoms. The van der Waals surface area contributed by atoms with Crippen molar-refractivity contribution in [2.24, 2.45) is 0 Å². The fraction of sp³-hybridized carbons (Fsp3) is 0. The fourth-order valence-corrected chi connectivity index (χ4v) is 10.8. The van der Waals surface area contributed by atoms with Crippen LogP contribution in [0.5, 0.6) is 23.0 Å². The van der Waals surface area contributed by atoms with Crippen LogP contribution in [-0.4, -0.2) is 25.0 Å². The van der Waals surface area contributed by atoms with Gasteiger partial charge in [-0.05, 0) is 77.5 Å². The first-order valence-corrected chi connectivity index (χ1v) is 22.4. The zero-order valence-corrected chi connectivity index (χ0v) is 36.7. The fourth-order valence-electron chi connectivity index (χ4n) is 10.8. The van der Waals surface area contributed by atoms with Crippen LogP contribution in [0.4, 0.5) is 0 Å². The number of fused-ring (bicyclic) bond motifs is 16. The zero-order valence-electron chi connectivity index (χ0n) is 68.7. The van der Waals surface area contributed by atoms with Crippen LogP contribution < -0.4 is 25.9 Å². The molecule has 338 valence electrons. The van der Waals surface area contributed by atoms with Crippen LogP contribution in [-0.2, 0) is 0 Å². The number of aromatic nitrogens is 4. The monoisotopic (exact) mass is 963 g/mol. The van der Waals surface area contributed by atoms with Crippen LogP contribution >= 0.6 is 0 Å². The van der Waals surface area contributed by atoms with Gasteiger partial charge in [-0.2, -0.15) is 0 Å². The Hall–Kier alpha value is -9.72. The second-order valence-electron chi connectivity index (χ2n) is 17.2. The van der Waals surface area contributed by atoms with E-state index in [4.69, 9.17) is 31.4 Å². The Morgan fingerprint density at radius 2 is 0.562 bits per heavy atom. The number of hydrogen-bond donors (Lipinski definition) is 0. The summed E-state index contributed by atoms with van der Waals surface area (Å²) in [7, 11) is 0. The molecule has 0 bridgehead atoms. The molecule has 0 N–H and O–H groups in total. The molecule has 0 amide bonds. The quantitative estimate of drug-likeness (QED) is 0.165. The van der Waals surface area contributed by atoms with E-state index >= 15 is 0 Å². The molecule has 0 spiro atoms. The lowest BCUT2D eigenvalue weighted by atomic mass is 9.34. The van der Waals surface area contributed by atoms with E-state index in [2.05, 4.69) is 0 Å². The van der Waals surface area contributed by atoms with Crippen molar-refractivity contribution in [2.75, 3.05) is 0 Å². The van der Waals surface area contributed by atoms with Crippen LogP contribution in [0, 0.1) is 0 Å². The first kappa shape index (κ1) is 19.8. The highest BCUT2D eigenvalue weighted by molar-refractivity contribution is 6.98. The van der Waals surface area contributed by atoms with Gasteiger partial charge in [0.15, 0.2) is 11.5 Å². The minimum atomic E-state index is -1.43. The second kappa shape index (κ2) is 14.4. The SMILES string of the molecule is [2H]c1c([2H])c([2H])c2c(c1[2H])c1c([2H])c([2H])c([2H])c([2H])c1n2-c1ccc2c(c1)Oc1c(-n3c4c([2H])c([2H])c([2H])c([2H])c4c4c([2H])c([2H])c([2H])c([2H])c43)cc(-n3c4c([2H])c([2H])c([2H])c([2H])c4c4c([2H])c([2H])c([2H])c([2H])c43)c3c1B2c1ccc(-n2c4c([2H])c([2H])c([2H])c([2H])c4c4c([2H])c([2H])c([2H])c([2H])c42)cc1O3. The number of ether oxygens (including phenoxy) is 2. The molecule has 0 radical (unpaired) electrons. The maximum absolute atomic E-state index is 9.75. The highest BCUT2D eigenvalue weighted by Crippen LogP contribution is 2.47. The average Bonchev–Trinajstić information content (AvgIpc) is 1.65. The van der Waals surface area contributed by atoms with Gasteiger partial charge in [0.1, 0.15) is 11.5 Å². The van der Waals surface area contributed by atoms with E-state index in [0.29, 0.717) is 0 Å². The van der Waals surface area contributed by atoms with Crippen molar-refractivity contribution in [2.45, 2.75) is 0 Å². The molecule has 15 aromatic rings. The normalized spacial score (nSPS) is 19.0. The summed E-state index contributed by atoms with van der Waals surface area (Å²) < 4.78 is 313. The lowest BCUT2D eigenvalue weighted by molar-refractivity contribution is 0.462. The number of para-hydroxylation sites is 8. The molecule has 0 unspecified atom stereocenters. The Morgan fingerprint density at radius 3 is 0.849 bits per heavy atom. The van der Waals surface area contributed by atoms with Gasteiger partial charge in [-0.25, -0.2) is 0 Å². The Balaban J connectivity index is 1.10. The van der Waals surface area contributed by atoms with Crippen molar-refractivity contribution in [3.63, 3.8) is 0 Å². The smallest absolute Gasteiger partial charge is 0.260 e. The molecular weight excluding hydrogens is 892 g/mol. The maximum Gasteiger partial charge on any atom is 0.260 e. The molecule has 0 saturated heterocycles. The van der Waals surface area contributed by atoms with Gasteiger partial charge >= 0.3 is 0 Å². The van der Waals surface area contributed by atoms with Crippen molar-refractivity contribution in [1.82, 2.24) is 18.3 Å². The molecule has 6 heterocycles. The summed E-state index contributed by atoms with van der Waals surface area (Å²) in [5.74, 6) is -1.22. The molecule has 4 aromatic heterocycles. The maximum atomic E-state index is 9.75. The van der Waals surface area contributed by atoms with Crippen LogP contribution in [0.3, 0.4) is 0 Å². The third-order valence-corrected chi connectivity index (χ3v) is 13.7. The Bertz CT molecular complexity index is 6130. The van der Waals surface area contributed by atoms with E-state index in [1.807, 2.05) is 0 Å². The molecule has 6 nitrogen and oxygen atoms in total. The summed E-state index contributed by atoms with van der Waals surface area (Å²) in [6.45, 7) is -1.43. The number of benzene rings is 11. The topological polar surface area (TPSA) is 38.2 Å². The Morgan fingerprint density at radius 1 is 0.301 bits per heavy atom. The lowest BCUT2D eigenvalue weighted by Crippen LogP contribution is -2.57. The highest BCUT2D eigenvalue weighted by Gasteiger charge is 2.44. The predicted octanol–water partition coefficient (Wildman–Crippen LogP) is 14.8. The Labute approximate surface area is 463 Å². The average molecular weight is 963 g/mol. The van der Waals surface area contributed by atoms with Gasteiger partial charge in [0.2, 0.25) is 0 Å². The van der Waals surface area contributed by atoms with Crippen LogP contribution in [0.25, 0.3) is 110 Å². The molecule has 2 aliphatic rings. The summed E-state index contributed by atoms with van der Waals surface area (Å²) in [6, 6.07) is -14.8. The van der Waals surface area contributed by atoms with Crippen molar-refractivity contribution in [3.05, 3.63) is 236 Å². The van der Waals surface area contributed by atoms with Gasteiger partial charge in [0.25, 0.3) is 6.71 Å². The molecule has 11 aromatic carbocycles. The Kier molecular flexibility index (Phi) is 3.92. The standard InChI is InChI=1S/C66H39BN4O2/c1-9-25-52-42(17-1)43-18-2-10-26-53(43)68(52)40-33-35-50-62(37-40)72-65-60(70-56-29-13-5-21-46(56)47-22-6-14-30-57(47)70)39-61(71-58-31-15-7-23-48(58)49-24-8-16-32-59(49)71)66-64(65)67(50)51-36-34-41(38-63(51)73-66)69-54-27-11-3-19-44(54)45-20-4-12-28-55(45)69/h1-39H/i1D,2D,3D,4D,5D,6D,7D,8D,9D,10D,11D,12D,13D,14D,15D,16D,17D,18D,19D,20D,21D,22D,23D,24D,25D,26D,27D,28D,29D,30D,31D,32D. The van der Waals surface area contributed by atoms with E-state index < -0.39 is 267 Å². The van der Waals surface area contributed by atoms with E-state index in [1.54, 1.807) is 0 Å². The van der Waals surface area contributed by atoms with Crippen LogP contribution in [0.2, 0.25) is 0 Å². The van der Waals surface area contributed by atoms with Gasteiger partial charge < -0.3 is 27.7 Å². The molecule has 17 rings (SSSR count). The van der Waals surface area contributed by atoms with E-state index in [1.165, 1.54) is 51.6 Å². The first-order valence-electron chi connectivity index (χ1n) is 38.4. The van der Waals surface area contributed by atoms with Crippen molar-refractivity contribution < 1.29 is 53.3 Å². The highest BCUT2D eigenvalue weighted by atomic mass is 16.5. The summed E-state index contributed by atoms with van der Waals surface area (Å²) in [5.41, 5.74) is -4.17. The van der Waals surface area contributed by atoms with Gasteiger partial charge in [0, 0.05) is 72.1 Å². The first-order chi connectivity index (χ1) is 49.5. The van der Waals surface area contributed by atoms with Gasteiger partial charge in [-0.1, -0.05) is 157 Å². The second-order valence-corrected chi connectivity index (χ2v) is 17.2. The number of nitrogens with zero attached hydrogens (tertiary/aromatic N) is 4. The molecule has 2 aliphatic heterocycles. The molecule has 73 heavy (non-hydrogen) atoms. The summed E-state index contributed by atoms with van der Waals surface area (Å²) in [4.78, 5) is 0. The van der Waals surface area contributed by atoms with Gasteiger partial charge in [-0.3, -0.25) is 0 Å². The summed E-state index contributed by atoms with van der Waals surface area (Å²) >= 11 is 0. The predicted molar refractivity (Wildman–Crippen MR) is 301 cm³/mol.